The van der Waals surface area contributed by atoms with Gasteiger partial charge in [-0.25, -0.2) is 9.69 Å². The Bertz CT molecular complexity index is 1080. The van der Waals surface area contributed by atoms with E-state index in [0.717, 1.165) is 26.9 Å². The summed E-state index contributed by atoms with van der Waals surface area (Å²) in [6.45, 7) is 1.69. The fraction of sp³-hybridized carbons (Fsp3) is 0.304. The van der Waals surface area contributed by atoms with Gasteiger partial charge in [-0.2, -0.15) is 0 Å². The van der Waals surface area contributed by atoms with Gasteiger partial charge in [-0.05, 0) is 48.7 Å². The first kappa shape index (κ1) is 23.9. The summed E-state index contributed by atoms with van der Waals surface area (Å²) in [5.41, 5.74) is 2.85. The van der Waals surface area contributed by atoms with E-state index in [-0.39, 0.29) is 11.5 Å². The van der Waals surface area contributed by atoms with E-state index in [0.29, 0.717) is 34.7 Å². The predicted octanol–water partition coefficient (Wildman–Crippen LogP) is 6.22. The highest BCUT2D eigenvalue weighted by Gasteiger charge is 2.39. The first-order valence-electron chi connectivity index (χ1n) is 10.1. The Balaban J connectivity index is 2.14. The van der Waals surface area contributed by atoms with Crippen LogP contribution in [-0.4, -0.2) is 30.6 Å². The number of hydrogen-bond acceptors (Lipinski definition) is 5. The molecule has 3 rings (SSSR count). The summed E-state index contributed by atoms with van der Waals surface area (Å²) in [4.78, 5) is 37.8. The molecular formula is C23H22BrClN2O5. The summed E-state index contributed by atoms with van der Waals surface area (Å²) >= 11 is 9.59. The van der Waals surface area contributed by atoms with Gasteiger partial charge < -0.3 is 4.74 Å². The molecule has 0 N–H and O–H groups in total. The summed E-state index contributed by atoms with van der Waals surface area (Å²) in [5, 5.41) is 11.8. The number of methoxy groups -OCH3 is 1. The third-order valence-electron chi connectivity index (χ3n) is 5.35. The van der Waals surface area contributed by atoms with Crippen LogP contribution in [0.15, 0.2) is 52.5 Å². The van der Waals surface area contributed by atoms with E-state index < -0.39 is 17.9 Å². The Labute approximate surface area is 199 Å². The monoisotopic (exact) mass is 520 g/mol. The van der Waals surface area contributed by atoms with E-state index in [1.54, 1.807) is 18.2 Å². The first-order valence-corrected chi connectivity index (χ1v) is 11.3. The zero-order valence-corrected chi connectivity index (χ0v) is 20.0. The van der Waals surface area contributed by atoms with Crippen molar-refractivity contribution in [2.75, 3.05) is 18.6 Å². The number of anilines is 1. The minimum absolute atomic E-state index is 0.278. The van der Waals surface area contributed by atoms with Crippen LogP contribution in [0.5, 0.6) is 0 Å². The molecule has 2 amide bonds. The van der Waals surface area contributed by atoms with E-state index in [2.05, 4.69) is 15.9 Å². The smallest absolute Gasteiger partial charge is 0.421 e. The van der Waals surface area contributed by atoms with Crippen molar-refractivity contribution in [3.8, 4) is 0 Å². The average Bonchev–Trinajstić information content (AvgIpc) is 3.03. The lowest BCUT2D eigenvalue weighted by Crippen LogP contribution is -2.33. The van der Waals surface area contributed by atoms with Crippen LogP contribution in [0, 0.1) is 10.1 Å². The number of rotatable bonds is 7. The summed E-state index contributed by atoms with van der Waals surface area (Å²) in [5.74, 6) is -0.942. The van der Waals surface area contributed by atoms with Crippen molar-refractivity contribution in [1.82, 2.24) is 0 Å². The van der Waals surface area contributed by atoms with Gasteiger partial charge in [0, 0.05) is 25.6 Å². The van der Waals surface area contributed by atoms with Gasteiger partial charge in [0.2, 0.25) is 6.54 Å². The molecule has 32 heavy (non-hydrogen) atoms. The molecule has 1 aliphatic heterocycles. The van der Waals surface area contributed by atoms with Crippen molar-refractivity contribution in [2.45, 2.75) is 32.1 Å². The number of carbonyl (C=O) groups is 2. The highest BCUT2D eigenvalue weighted by Crippen LogP contribution is 2.43. The quantitative estimate of drug-likeness (QED) is 0.245. The second-order valence-corrected chi connectivity index (χ2v) is 8.82. The number of nitro groups is 1. The van der Waals surface area contributed by atoms with Gasteiger partial charge >= 0.3 is 6.09 Å². The van der Waals surface area contributed by atoms with Crippen molar-refractivity contribution >= 4 is 50.8 Å². The van der Waals surface area contributed by atoms with Crippen molar-refractivity contribution in [3.63, 3.8) is 0 Å². The van der Waals surface area contributed by atoms with E-state index >= 15 is 0 Å². The molecule has 0 unspecified atom stereocenters. The van der Waals surface area contributed by atoms with Gasteiger partial charge in [-0.3, -0.25) is 14.9 Å². The Hall–Kier alpha value is -2.71. The van der Waals surface area contributed by atoms with Gasteiger partial charge in [0.05, 0.1) is 18.7 Å². The predicted molar refractivity (Wildman–Crippen MR) is 127 cm³/mol. The number of benzene rings is 2. The molecule has 0 fully saturated rings. The molecular weight excluding hydrogens is 500 g/mol. The summed E-state index contributed by atoms with van der Waals surface area (Å²) in [6, 6.07) is 12.2. The largest absolute Gasteiger partial charge is 0.452 e. The molecule has 2 aromatic carbocycles. The zero-order chi connectivity index (χ0) is 23.4. The molecule has 0 bridgehead atoms. The Morgan fingerprint density at radius 3 is 2.53 bits per heavy atom. The maximum absolute atomic E-state index is 13.4. The van der Waals surface area contributed by atoms with Crippen LogP contribution in [-0.2, 0) is 9.53 Å². The average molecular weight is 522 g/mol. The lowest BCUT2D eigenvalue weighted by Gasteiger charge is -2.18. The number of imide groups is 1. The number of amides is 2. The Morgan fingerprint density at radius 1 is 1.25 bits per heavy atom. The van der Waals surface area contributed by atoms with E-state index in [1.807, 2.05) is 31.2 Å². The van der Waals surface area contributed by atoms with E-state index in [4.69, 9.17) is 16.3 Å². The van der Waals surface area contributed by atoms with Crippen LogP contribution in [0.1, 0.15) is 43.2 Å². The van der Waals surface area contributed by atoms with Gasteiger partial charge in [-0.1, -0.05) is 58.6 Å². The molecule has 0 radical (unpaired) electrons. The Morgan fingerprint density at radius 2 is 1.94 bits per heavy atom. The molecule has 9 heteroatoms. The van der Waals surface area contributed by atoms with Crippen LogP contribution < -0.4 is 4.90 Å². The highest BCUT2D eigenvalue weighted by molar-refractivity contribution is 9.10. The molecule has 1 aliphatic rings. The molecule has 7 nitrogen and oxygen atoms in total. The van der Waals surface area contributed by atoms with Crippen LogP contribution in [0.4, 0.5) is 10.5 Å². The normalized spacial score (nSPS) is 15.4. The summed E-state index contributed by atoms with van der Waals surface area (Å²) in [7, 11) is 1.21. The minimum Gasteiger partial charge on any atom is -0.452 e. The van der Waals surface area contributed by atoms with Crippen molar-refractivity contribution in [3.05, 3.63) is 78.8 Å². The minimum atomic E-state index is -0.792. The maximum atomic E-state index is 13.4. The SMILES string of the molecule is CCC/C(C[C@@H](C[N+](=O)[O-])c1ccc(Br)cc1)=C1/C(=O)N(C(=O)OC)c2ccc(Cl)cc21. The van der Waals surface area contributed by atoms with E-state index in [9.17, 15) is 19.7 Å². The molecule has 0 spiro atoms. The fourth-order valence-corrected chi connectivity index (χ4v) is 4.42. The molecule has 2 aromatic rings. The van der Waals surface area contributed by atoms with Gasteiger partial charge in [0.15, 0.2) is 0 Å². The van der Waals surface area contributed by atoms with Crippen molar-refractivity contribution in [1.29, 1.82) is 0 Å². The van der Waals surface area contributed by atoms with Crippen LogP contribution in [0.2, 0.25) is 5.02 Å². The lowest BCUT2D eigenvalue weighted by molar-refractivity contribution is -0.483. The number of ether oxygens (including phenoxy) is 1. The van der Waals surface area contributed by atoms with Gasteiger partial charge in [0.25, 0.3) is 5.91 Å². The third-order valence-corrected chi connectivity index (χ3v) is 6.12. The summed E-state index contributed by atoms with van der Waals surface area (Å²) in [6.07, 6.45) is 0.788. The Kier molecular flexibility index (Phi) is 7.69. The standard InChI is InChI=1S/C23H22BrClN2O5/c1-3-4-15(11-16(13-26(30)31)14-5-7-17(24)8-6-14)21-19-12-18(25)9-10-20(19)27(22(21)28)23(29)32-2/h5-10,12,16H,3-4,11,13H2,1-2H3/b21-15-/t16-/m0/s1. The molecule has 168 valence electrons. The third kappa shape index (κ3) is 5.02. The van der Waals surface area contributed by atoms with Gasteiger partial charge in [-0.15, -0.1) is 0 Å². The molecule has 0 aliphatic carbocycles. The lowest BCUT2D eigenvalue weighted by atomic mass is 9.86. The molecule has 0 saturated heterocycles. The maximum Gasteiger partial charge on any atom is 0.421 e. The molecule has 1 heterocycles. The number of hydrogen-bond donors (Lipinski definition) is 0. The number of nitrogens with zero attached hydrogens (tertiary/aromatic N) is 2. The summed E-state index contributed by atoms with van der Waals surface area (Å²) < 4.78 is 5.68. The zero-order valence-electron chi connectivity index (χ0n) is 17.6. The second-order valence-electron chi connectivity index (χ2n) is 7.47. The number of carbonyl (C=O) groups excluding carboxylic acids is 2. The van der Waals surface area contributed by atoms with Gasteiger partial charge in [0.1, 0.15) is 0 Å². The fourth-order valence-electron chi connectivity index (χ4n) is 3.99. The second kappa shape index (κ2) is 10.3. The van der Waals surface area contributed by atoms with Crippen LogP contribution in [0.3, 0.4) is 0 Å². The number of halogens is 2. The highest BCUT2D eigenvalue weighted by atomic mass is 79.9. The van der Waals surface area contributed by atoms with Crippen LogP contribution in [0.25, 0.3) is 5.57 Å². The molecule has 1 atom stereocenters. The van der Waals surface area contributed by atoms with Crippen molar-refractivity contribution in [2.24, 2.45) is 0 Å². The molecule has 0 aromatic heterocycles. The number of fused-ring (bicyclic) bond motifs is 1. The van der Waals surface area contributed by atoms with Crippen molar-refractivity contribution < 1.29 is 19.2 Å². The first-order chi connectivity index (χ1) is 15.3. The molecule has 0 saturated carbocycles. The van der Waals surface area contributed by atoms with Crippen LogP contribution >= 0.6 is 27.5 Å². The number of allylic oxidation sites excluding steroid dienone is 1. The van der Waals surface area contributed by atoms with E-state index in [1.165, 1.54) is 7.11 Å². The topological polar surface area (TPSA) is 89.8 Å².